The summed E-state index contributed by atoms with van der Waals surface area (Å²) >= 11 is 0. The molecule has 0 saturated heterocycles. The van der Waals surface area contributed by atoms with E-state index in [9.17, 15) is 15.3 Å². The van der Waals surface area contributed by atoms with E-state index in [2.05, 4.69) is 26.5 Å². The third-order valence-corrected chi connectivity index (χ3v) is 5.44. The van der Waals surface area contributed by atoms with Crippen LogP contribution in [0.1, 0.15) is 75.5 Å². The monoisotopic (exact) mass is 344 g/mol. The second kappa shape index (κ2) is 8.57. The molecule has 0 amide bonds. The smallest absolute Gasteiger partial charge is 0.128 e. The van der Waals surface area contributed by atoms with Crippen molar-refractivity contribution in [2.45, 2.75) is 71.8 Å². The van der Waals surface area contributed by atoms with E-state index in [1.807, 2.05) is 6.92 Å². The summed E-state index contributed by atoms with van der Waals surface area (Å²) in [6.45, 7) is 10.1. The molecule has 0 fully saturated rings. The number of unbranched alkanes of at least 4 members (excludes halogenated alkanes) is 2. The molecular weight excluding hydrogens is 312 g/mol. The first kappa shape index (κ1) is 19.6. The van der Waals surface area contributed by atoms with Gasteiger partial charge in [-0.3, -0.25) is 0 Å². The van der Waals surface area contributed by atoms with E-state index in [-0.39, 0.29) is 29.9 Å². The van der Waals surface area contributed by atoms with Crippen molar-refractivity contribution < 1.29 is 15.3 Å². The summed E-state index contributed by atoms with van der Waals surface area (Å²) < 4.78 is 0. The highest BCUT2D eigenvalue weighted by molar-refractivity contribution is 5.56. The lowest BCUT2D eigenvalue weighted by Gasteiger charge is -2.32. The topological polar surface area (TPSA) is 60.7 Å². The number of aliphatic hydroxyl groups excluding tert-OH is 1. The molecule has 0 radical (unpaired) electrons. The molecule has 0 bridgehead atoms. The molecule has 1 aromatic rings. The van der Waals surface area contributed by atoms with Crippen LogP contribution < -0.4 is 0 Å². The van der Waals surface area contributed by atoms with Crippen LogP contribution in [0.15, 0.2) is 29.9 Å². The van der Waals surface area contributed by atoms with Crippen molar-refractivity contribution in [3.8, 4) is 11.5 Å². The predicted molar refractivity (Wildman–Crippen MR) is 103 cm³/mol. The van der Waals surface area contributed by atoms with E-state index in [1.165, 1.54) is 5.57 Å². The fourth-order valence-electron chi connectivity index (χ4n) is 3.97. The average molecular weight is 344 g/mol. The third kappa shape index (κ3) is 4.27. The van der Waals surface area contributed by atoms with E-state index in [0.29, 0.717) is 11.1 Å². The Hall–Kier alpha value is -1.74. The van der Waals surface area contributed by atoms with Crippen molar-refractivity contribution in [2.24, 2.45) is 5.92 Å². The maximum absolute atomic E-state index is 10.9. The quantitative estimate of drug-likeness (QED) is 0.462. The van der Waals surface area contributed by atoms with Gasteiger partial charge in [0.15, 0.2) is 0 Å². The zero-order valence-corrected chi connectivity index (χ0v) is 15.8. The summed E-state index contributed by atoms with van der Waals surface area (Å²) in [4.78, 5) is 0. The van der Waals surface area contributed by atoms with Crippen molar-refractivity contribution in [2.75, 3.05) is 0 Å². The average Bonchev–Trinajstić information content (AvgIpc) is 2.55. The van der Waals surface area contributed by atoms with Crippen molar-refractivity contribution in [3.05, 3.63) is 46.6 Å². The van der Waals surface area contributed by atoms with Crippen molar-refractivity contribution in [1.29, 1.82) is 0 Å². The van der Waals surface area contributed by atoms with Crippen molar-refractivity contribution in [3.63, 3.8) is 0 Å². The molecular formula is C22H32O3. The molecule has 3 nitrogen and oxygen atoms in total. The molecule has 2 atom stereocenters. The van der Waals surface area contributed by atoms with Crippen LogP contribution in [0.2, 0.25) is 0 Å². The molecule has 0 heterocycles. The first-order valence-electron chi connectivity index (χ1n) is 9.40. The van der Waals surface area contributed by atoms with Gasteiger partial charge in [-0.25, -0.2) is 0 Å². The number of hydrogen-bond acceptors (Lipinski definition) is 3. The van der Waals surface area contributed by atoms with E-state index in [4.69, 9.17) is 0 Å². The molecule has 1 aliphatic carbocycles. The molecule has 0 saturated carbocycles. The second-order valence-electron chi connectivity index (χ2n) is 7.44. The molecule has 25 heavy (non-hydrogen) atoms. The van der Waals surface area contributed by atoms with Crippen LogP contribution in [0.5, 0.6) is 11.5 Å². The molecule has 1 aromatic carbocycles. The molecule has 0 aliphatic heterocycles. The molecule has 138 valence electrons. The van der Waals surface area contributed by atoms with Crippen molar-refractivity contribution >= 4 is 0 Å². The number of hydrogen-bond donors (Lipinski definition) is 3. The molecule has 0 aromatic heterocycles. The Morgan fingerprint density at radius 2 is 2.00 bits per heavy atom. The number of allylic oxidation sites excluding steroid dienone is 3. The van der Waals surface area contributed by atoms with Crippen LogP contribution in [0.25, 0.3) is 0 Å². The van der Waals surface area contributed by atoms with Gasteiger partial charge in [-0.2, -0.15) is 0 Å². The van der Waals surface area contributed by atoms with E-state index in [1.54, 1.807) is 6.07 Å². The van der Waals surface area contributed by atoms with E-state index in [0.717, 1.165) is 49.7 Å². The maximum atomic E-state index is 10.9. The first-order chi connectivity index (χ1) is 11.9. The Kier molecular flexibility index (Phi) is 6.71. The highest BCUT2D eigenvalue weighted by Crippen LogP contribution is 2.48. The second-order valence-corrected chi connectivity index (χ2v) is 7.44. The van der Waals surface area contributed by atoms with Crippen LogP contribution >= 0.6 is 0 Å². The van der Waals surface area contributed by atoms with Gasteiger partial charge in [-0.1, -0.05) is 43.6 Å². The van der Waals surface area contributed by atoms with Gasteiger partial charge in [0.1, 0.15) is 11.5 Å². The Morgan fingerprint density at radius 3 is 2.60 bits per heavy atom. The van der Waals surface area contributed by atoms with Crippen LogP contribution in [0.4, 0.5) is 0 Å². The molecule has 2 rings (SSSR count). The van der Waals surface area contributed by atoms with E-state index >= 15 is 0 Å². The molecule has 2 unspecified atom stereocenters. The van der Waals surface area contributed by atoms with Gasteiger partial charge < -0.3 is 15.3 Å². The SMILES string of the molecule is C=C(C)C1CCC(C)=CC1c1c(O)cc(CCCCC)c(CO)c1O. The van der Waals surface area contributed by atoms with Gasteiger partial charge in [0.2, 0.25) is 0 Å². The maximum Gasteiger partial charge on any atom is 0.128 e. The predicted octanol–water partition coefficient (Wildman–Crippen LogP) is 5.34. The van der Waals surface area contributed by atoms with Crippen molar-refractivity contribution in [1.82, 2.24) is 0 Å². The zero-order chi connectivity index (χ0) is 18.6. The van der Waals surface area contributed by atoms with Gasteiger partial charge in [-0.15, -0.1) is 0 Å². The van der Waals surface area contributed by atoms with Crippen LogP contribution in [-0.2, 0) is 13.0 Å². The number of phenolic OH excluding ortho intramolecular Hbond substituents is 1. The van der Waals surface area contributed by atoms with Gasteiger partial charge in [0.05, 0.1) is 6.61 Å². The Bertz CT molecular complexity index is 658. The van der Waals surface area contributed by atoms with Gasteiger partial charge in [0, 0.05) is 17.0 Å². The number of aromatic hydroxyl groups is 2. The lowest BCUT2D eigenvalue weighted by atomic mass is 9.73. The Morgan fingerprint density at radius 1 is 1.28 bits per heavy atom. The number of phenols is 2. The minimum Gasteiger partial charge on any atom is -0.507 e. The summed E-state index contributed by atoms with van der Waals surface area (Å²) in [5.74, 6) is 0.277. The van der Waals surface area contributed by atoms with Gasteiger partial charge >= 0.3 is 0 Å². The Labute approximate surface area is 151 Å². The number of rotatable bonds is 7. The molecule has 1 aliphatic rings. The molecule has 3 N–H and O–H groups in total. The standard InChI is InChI=1S/C22H32O3/c1-5-6-7-8-16-12-20(24)21(22(25)19(16)13-23)18-11-15(4)9-10-17(18)14(2)3/h11-12,17-18,23-25H,2,5-10,13H2,1,3-4H3. The number of aryl methyl sites for hydroxylation is 1. The fraction of sp³-hybridized carbons (Fsp3) is 0.545. The van der Waals surface area contributed by atoms with Crippen LogP contribution in [0, 0.1) is 5.92 Å². The fourth-order valence-corrected chi connectivity index (χ4v) is 3.97. The summed E-state index contributed by atoms with van der Waals surface area (Å²) in [6, 6.07) is 1.74. The van der Waals surface area contributed by atoms with E-state index < -0.39 is 0 Å². The summed E-state index contributed by atoms with van der Waals surface area (Å²) in [6.07, 6.45) is 8.06. The summed E-state index contributed by atoms with van der Waals surface area (Å²) in [7, 11) is 0. The molecule has 0 spiro atoms. The lowest BCUT2D eigenvalue weighted by molar-refractivity contribution is 0.272. The number of aliphatic hydroxyl groups is 1. The minimum absolute atomic E-state index is 0.0520. The molecule has 3 heteroatoms. The lowest BCUT2D eigenvalue weighted by Crippen LogP contribution is -2.17. The first-order valence-corrected chi connectivity index (χ1v) is 9.40. The normalized spacial score (nSPS) is 20.4. The third-order valence-electron chi connectivity index (χ3n) is 5.44. The highest BCUT2D eigenvalue weighted by atomic mass is 16.3. The zero-order valence-electron chi connectivity index (χ0n) is 15.8. The largest absolute Gasteiger partial charge is 0.507 e. The minimum atomic E-state index is -0.215. The Balaban J connectivity index is 2.50. The highest BCUT2D eigenvalue weighted by Gasteiger charge is 2.31. The van der Waals surface area contributed by atoms with Gasteiger partial charge in [0.25, 0.3) is 0 Å². The van der Waals surface area contributed by atoms with Crippen LogP contribution in [-0.4, -0.2) is 15.3 Å². The van der Waals surface area contributed by atoms with Crippen LogP contribution in [0.3, 0.4) is 0 Å². The summed E-state index contributed by atoms with van der Waals surface area (Å²) in [5.41, 5.74) is 4.26. The number of benzene rings is 1. The summed E-state index contributed by atoms with van der Waals surface area (Å²) in [5, 5.41) is 31.4. The van der Waals surface area contributed by atoms with Gasteiger partial charge in [-0.05, 0) is 57.1 Å².